The largest absolute Gasteiger partial charge is 0.504 e. The molecule has 0 spiro atoms. The number of aliphatic hydroxyl groups is 1. The number of rotatable bonds is 5. The van der Waals surface area contributed by atoms with Gasteiger partial charge < -0.3 is 15.5 Å². The lowest BCUT2D eigenvalue weighted by Gasteiger charge is -2.11. The zero-order valence-electron chi connectivity index (χ0n) is 12.4. The van der Waals surface area contributed by atoms with Gasteiger partial charge in [0.05, 0.1) is 11.9 Å². The van der Waals surface area contributed by atoms with Crippen molar-refractivity contribution in [2.75, 3.05) is 6.61 Å². The van der Waals surface area contributed by atoms with Gasteiger partial charge in [0.25, 0.3) is 5.91 Å². The smallest absolute Gasteiger partial charge is 0.275 e. The minimum absolute atomic E-state index is 0.0450. The van der Waals surface area contributed by atoms with Gasteiger partial charge in [0.2, 0.25) is 0 Å². The molecule has 0 aliphatic rings. The van der Waals surface area contributed by atoms with Crippen LogP contribution in [0.1, 0.15) is 29.4 Å². The van der Waals surface area contributed by atoms with Crippen molar-refractivity contribution in [2.24, 2.45) is 0 Å². The molecule has 0 bridgehead atoms. The molecule has 1 aromatic heterocycles. The molecule has 6 nitrogen and oxygen atoms in total. The Hall–Kier alpha value is -2.41. The lowest BCUT2D eigenvalue weighted by Crippen LogP contribution is -2.33. The second-order valence-corrected chi connectivity index (χ2v) is 5.13. The Kier molecular flexibility index (Phi) is 4.77. The van der Waals surface area contributed by atoms with Crippen LogP contribution >= 0.6 is 0 Å². The predicted molar refractivity (Wildman–Crippen MR) is 78.6 cm³/mol. The van der Waals surface area contributed by atoms with Crippen LogP contribution in [0.15, 0.2) is 24.4 Å². The summed E-state index contributed by atoms with van der Waals surface area (Å²) in [7, 11) is 0. The van der Waals surface area contributed by atoms with E-state index in [9.17, 15) is 14.3 Å². The highest BCUT2D eigenvalue weighted by Crippen LogP contribution is 2.21. The molecular formula is C15H18FN3O3. The number of aromatic nitrogens is 2. The average Bonchev–Trinajstić information content (AvgIpc) is 2.80. The van der Waals surface area contributed by atoms with Gasteiger partial charge in [-0.15, -0.1) is 0 Å². The highest BCUT2D eigenvalue weighted by atomic mass is 19.1. The van der Waals surface area contributed by atoms with Crippen molar-refractivity contribution in [3.05, 3.63) is 41.5 Å². The molecule has 0 saturated heterocycles. The molecule has 118 valence electrons. The fraction of sp³-hybridized carbons (Fsp3) is 0.333. The Morgan fingerprint density at radius 2 is 2.23 bits per heavy atom. The third kappa shape index (κ3) is 3.43. The lowest BCUT2D eigenvalue weighted by molar-refractivity contribution is 0.0926. The van der Waals surface area contributed by atoms with E-state index >= 15 is 0 Å². The zero-order valence-corrected chi connectivity index (χ0v) is 12.4. The number of aromatic hydroxyl groups is 1. The fourth-order valence-electron chi connectivity index (χ4n) is 2.08. The number of nitrogens with zero attached hydrogens (tertiary/aromatic N) is 2. The summed E-state index contributed by atoms with van der Waals surface area (Å²) in [5.41, 5.74) is 1.08. The minimum atomic E-state index is -0.531. The Morgan fingerprint density at radius 1 is 1.50 bits per heavy atom. The Bertz CT molecular complexity index is 685. The molecule has 0 saturated carbocycles. The zero-order chi connectivity index (χ0) is 16.3. The molecule has 0 aliphatic carbocycles. The Balaban J connectivity index is 2.26. The first-order valence-corrected chi connectivity index (χ1v) is 6.89. The van der Waals surface area contributed by atoms with Crippen LogP contribution < -0.4 is 5.32 Å². The normalized spacial score (nSPS) is 12.2. The molecule has 1 atom stereocenters. The Morgan fingerprint density at radius 3 is 2.86 bits per heavy atom. The topological polar surface area (TPSA) is 87.4 Å². The quantitative estimate of drug-likeness (QED) is 0.781. The summed E-state index contributed by atoms with van der Waals surface area (Å²) in [6.45, 7) is 3.41. The molecule has 1 heterocycles. The van der Waals surface area contributed by atoms with E-state index in [1.54, 1.807) is 13.8 Å². The van der Waals surface area contributed by atoms with E-state index in [0.29, 0.717) is 17.7 Å². The van der Waals surface area contributed by atoms with Crippen LogP contribution in [0.25, 0.3) is 5.69 Å². The molecular weight excluding hydrogens is 289 g/mol. The van der Waals surface area contributed by atoms with Gasteiger partial charge in [0, 0.05) is 12.6 Å². The molecule has 0 aliphatic heterocycles. The number of amides is 1. The van der Waals surface area contributed by atoms with Crippen molar-refractivity contribution in [2.45, 2.75) is 26.3 Å². The number of halogens is 1. The maximum absolute atomic E-state index is 13.1. The number of hydrogen-bond acceptors (Lipinski definition) is 4. The maximum Gasteiger partial charge on any atom is 0.275 e. The molecule has 2 rings (SSSR count). The molecule has 1 amide bonds. The summed E-state index contributed by atoms with van der Waals surface area (Å²) in [4.78, 5) is 12.0. The first-order valence-electron chi connectivity index (χ1n) is 6.89. The van der Waals surface area contributed by atoms with E-state index in [1.165, 1.54) is 29.1 Å². The first kappa shape index (κ1) is 16.0. The summed E-state index contributed by atoms with van der Waals surface area (Å²) in [5.74, 6) is -1.16. The fourth-order valence-corrected chi connectivity index (χ4v) is 2.08. The molecule has 3 N–H and O–H groups in total. The minimum Gasteiger partial charge on any atom is -0.504 e. The highest BCUT2D eigenvalue weighted by Gasteiger charge is 2.19. The van der Waals surface area contributed by atoms with Crippen LogP contribution in [0, 0.1) is 12.7 Å². The molecule has 0 fully saturated rings. The van der Waals surface area contributed by atoms with E-state index in [4.69, 9.17) is 5.11 Å². The number of benzene rings is 1. The van der Waals surface area contributed by atoms with Crippen LogP contribution in [0.2, 0.25) is 0 Å². The maximum atomic E-state index is 13.1. The van der Waals surface area contributed by atoms with Crippen LogP contribution in [0.3, 0.4) is 0 Å². The monoisotopic (exact) mass is 307 g/mol. The van der Waals surface area contributed by atoms with Crippen molar-refractivity contribution in [3.63, 3.8) is 0 Å². The van der Waals surface area contributed by atoms with Crippen molar-refractivity contribution >= 4 is 5.91 Å². The number of hydrogen-bond donors (Lipinski definition) is 3. The summed E-state index contributed by atoms with van der Waals surface area (Å²) in [6, 6.07) is 3.91. The third-order valence-electron chi connectivity index (χ3n) is 3.26. The molecule has 7 heteroatoms. The summed E-state index contributed by atoms with van der Waals surface area (Å²) in [5, 5.41) is 25.4. The lowest BCUT2D eigenvalue weighted by atomic mass is 10.2. The number of carbonyl (C=O) groups excluding carboxylic acids is 1. The number of nitrogens with one attached hydrogen (secondary N) is 1. The second kappa shape index (κ2) is 6.57. The first-order chi connectivity index (χ1) is 10.4. The average molecular weight is 307 g/mol. The number of carbonyl (C=O) groups is 1. The molecule has 1 aromatic carbocycles. The van der Waals surface area contributed by atoms with E-state index in [-0.39, 0.29) is 29.9 Å². The van der Waals surface area contributed by atoms with Crippen molar-refractivity contribution in [3.8, 4) is 11.4 Å². The van der Waals surface area contributed by atoms with Crippen molar-refractivity contribution in [1.29, 1.82) is 0 Å². The van der Waals surface area contributed by atoms with Gasteiger partial charge in [0.15, 0.2) is 11.4 Å². The number of aryl methyl sites for hydroxylation is 1. The standard InChI is InChI=1S/C15H18FN3O3/c1-9-7-11(16)3-4-12(9)19-8-13(21)14(18-19)15(22)17-10(2)5-6-20/h3-4,7-8,10,20-21H,5-6H2,1-2H3,(H,17,22). The molecule has 1 unspecified atom stereocenters. The van der Waals surface area contributed by atoms with Gasteiger partial charge >= 0.3 is 0 Å². The van der Waals surface area contributed by atoms with E-state index in [2.05, 4.69) is 10.4 Å². The van der Waals surface area contributed by atoms with Crippen LogP contribution in [-0.4, -0.2) is 38.5 Å². The number of aliphatic hydroxyl groups excluding tert-OH is 1. The Labute approximate surface area is 127 Å². The second-order valence-electron chi connectivity index (χ2n) is 5.13. The van der Waals surface area contributed by atoms with Crippen molar-refractivity contribution < 1.29 is 19.4 Å². The van der Waals surface area contributed by atoms with Crippen LogP contribution in [-0.2, 0) is 0 Å². The van der Waals surface area contributed by atoms with Gasteiger partial charge in [-0.3, -0.25) is 4.79 Å². The van der Waals surface area contributed by atoms with E-state index in [0.717, 1.165) is 0 Å². The SMILES string of the molecule is Cc1cc(F)ccc1-n1cc(O)c(C(=O)NC(C)CCO)n1. The van der Waals surface area contributed by atoms with Gasteiger partial charge in [-0.1, -0.05) is 0 Å². The highest BCUT2D eigenvalue weighted by molar-refractivity contribution is 5.95. The summed E-state index contributed by atoms with van der Waals surface area (Å²) < 4.78 is 14.5. The van der Waals surface area contributed by atoms with Crippen LogP contribution in [0.4, 0.5) is 4.39 Å². The van der Waals surface area contributed by atoms with Crippen LogP contribution in [0.5, 0.6) is 5.75 Å². The summed E-state index contributed by atoms with van der Waals surface area (Å²) in [6.07, 6.45) is 1.70. The van der Waals surface area contributed by atoms with Gasteiger partial charge in [-0.25, -0.2) is 9.07 Å². The predicted octanol–water partition coefficient (Wildman–Crippen LogP) is 1.53. The van der Waals surface area contributed by atoms with E-state index in [1.807, 2.05) is 0 Å². The molecule has 22 heavy (non-hydrogen) atoms. The van der Waals surface area contributed by atoms with E-state index < -0.39 is 5.91 Å². The molecule has 2 aromatic rings. The summed E-state index contributed by atoms with van der Waals surface area (Å²) >= 11 is 0. The van der Waals surface area contributed by atoms with Gasteiger partial charge in [-0.2, -0.15) is 5.10 Å². The van der Waals surface area contributed by atoms with Crippen molar-refractivity contribution in [1.82, 2.24) is 15.1 Å². The van der Waals surface area contributed by atoms with Gasteiger partial charge in [-0.05, 0) is 44.0 Å². The third-order valence-corrected chi connectivity index (χ3v) is 3.26. The molecule has 0 radical (unpaired) electrons. The van der Waals surface area contributed by atoms with Gasteiger partial charge in [0.1, 0.15) is 5.82 Å².